The number of carbonyl (C=O) groups excluding carboxylic acids is 1. The molecule has 3 heterocycles. The summed E-state index contributed by atoms with van der Waals surface area (Å²) in [4.78, 5) is 16.9. The highest BCUT2D eigenvalue weighted by Gasteiger charge is 2.20. The zero-order valence-electron chi connectivity index (χ0n) is 21.9. The number of nitrogens with one attached hydrogen (secondary N) is 1. The number of aliphatic hydroxyl groups is 2. The molecule has 0 bridgehead atoms. The maximum atomic E-state index is 12.5. The molecule has 0 aliphatic carbocycles. The van der Waals surface area contributed by atoms with Crippen LogP contribution in [0.5, 0.6) is 11.5 Å². The number of nitriles is 1. The molecule has 1 saturated heterocycles. The molecule has 1 amide bonds. The molecule has 1 aliphatic heterocycles. The predicted octanol–water partition coefficient (Wildman–Crippen LogP) is 3.68. The van der Waals surface area contributed by atoms with Gasteiger partial charge in [0.25, 0.3) is 5.91 Å². The molecule has 1 aliphatic rings. The number of rotatable bonds is 9. The molecule has 10 heteroatoms. The number of methoxy groups -OCH3 is 1. The van der Waals surface area contributed by atoms with Crippen LogP contribution in [0.2, 0.25) is 0 Å². The van der Waals surface area contributed by atoms with Crippen molar-refractivity contribution >= 4 is 17.0 Å². The number of aromatic nitrogens is 1. The summed E-state index contributed by atoms with van der Waals surface area (Å²) >= 11 is 0. The largest absolute Gasteiger partial charge is 0.496 e. The van der Waals surface area contributed by atoms with Crippen LogP contribution in [0.3, 0.4) is 0 Å². The van der Waals surface area contributed by atoms with Crippen molar-refractivity contribution < 1.29 is 33.6 Å². The summed E-state index contributed by atoms with van der Waals surface area (Å²) in [5.41, 5.74) is 4.10. The van der Waals surface area contributed by atoms with Gasteiger partial charge < -0.3 is 34.2 Å². The summed E-state index contributed by atoms with van der Waals surface area (Å²) in [6.07, 6.45) is 2.23. The lowest BCUT2D eigenvalue weighted by atomic mass is 10.0. The first-order chi connectivity index (χ1) is 19.5. The van der Waals surface area contributed by atoms with E-state index in [1.807, 2.05) is 18.2 Å². The van der Waals surface area contributed by atoms with Crippen LogP contribution in [-0.2, 0) is 4.74 Å². The second-order valence-corrected chi connectivity index (χ2v) is 9.40. The van der Waals surface area contributed by atoms with Crippen molar-refractivity contribution in [2.24, 2.45) is 0 Å². The first kappa shape index (κ1) is 27.1. The summed E-state index contributed by atoms with van der Waals surface area (Å²) in [5.74, 6) is 1.04. The monoisotopic (exact) mass is 543 g/mol. The van der Waals surface area contributed by atoms with Gasteiger partial charge in [-0.05, 0) is 42.0 Å². The van der Waals surface area contributed by atoms with Crippen molar-refractivity contribution in [3.05, 3.63) is 65.9 Å². The van der Waals surface area contributed by atoms with Crippen molar-refractivity contribution in [1.82, 2.24) is 10.3 Å². The van der Waals surface area contributed by atoms with Crippen LogP contribution >= 0.6 is 0 Å². The molecule has 0 unspecified atom stereocenters. The van der Waals surface area contributed by atoms with Gasteiger partial charge in [-0.25, -0.2) is 0 Å². The lowest BCUT2D eigenvalue weighted by molar-refractivity contribution is 0.0254. The van der Waals surface area contributed by atoms with E-state index in [0.717, 1.165) is 24.0 Å². The number of aliphatic hydroxyl groups excluding tert-OH is 2. The van der Waals surface area contributed by atoms with Crippen LogP contribution in [0.15, 0.2) is 59.1 Å². The lowest BCUT2D eigenvalue weighted by Gasteiger charge is -2.23. The van der Waals surface area contributed by atoms with E-state index < -0.39 is 18.6 Å². The second-order valence-electron chi connectivity index (χ2n) is 9.40. The van der Waals surface area contributed by atoms with E-state index in [-0.39, 0.29) is 12.6 Å². The highest BCUT2D eigenvalue weighted by molar-refractivity contribution is 5.96. The minimum atomic E-state index is -1.04. The van der Waals surface area contributed by atoms with E-state index in [9.17, 15) is 15.2 Å². The van der Waals surface area contributed by atoms with Gasteiger partial charge >= 0.3 is 0 Å². The Morgan fingerprint density at radius 3 is 2.73 bits per heavy atom. The standard InChI is InChI=1S/C30H29N3O7/c1-37-27-13-19(30(36)33-16-21(35)17-34)2-4-24(27)28-14-25-29(40-28)23(6-9-32-25)18-3-5-26(20(12-18)15-31)39-22-7-10-38-11-8-22/h2-6,9,12-14,21-22,34-35H,7-8,10-11,16-17H2,1H3,(H,33,36)/t21-/m1/s1. The van der Waals surface area contributed by atoms with Gasteiger partial charge in [-0.3, -0.25) is 9.78 Å². The van der Waals surface area contributed by atoms with Crippen LogP contribution in [-0.4, -0.2) is 66.8 Å². The van der Waals surface area contributed by atoms with Crippen molar-refractivity contribution in [2.45, 2.75) is 25.0 Å². The Labute approximate surface area is 230 Å². The van der Waals surface area contributed by atoms with E-state index >= 15 is 0 Å². The normalized spacial score (nSPS) is 14.4. The first-order valence-corrected chi connectivity index (χ1v) is 12.9. The zero-order valence-corrected chi connectivity index (χ0v) is 21.9. The maximum absolute atomic E-state index is 12.5. The number of pyridine rings is 1. The summed E-state index contributed by atoms with van der Waals surface area (Å²) < 4.78 is 23.3. The number of hydrogen-bond acceptors (Lipinski definition) is 9. The number of carbonyl (C=O) groups is 1. The molecule has 0 spiro atoms. The zero-order chi connectivity index (χ0) is 28.1. The maximum Gasteiger partial charge on any atom is 0.251 e. The molecule has 2 aromatic carbocycles. The first-order valence-electron chi connectivity index (χ1n) is 12.9. The van der Waals surface area contributed by atoms with Gasteiger partial charge in [0.15, 0.2) is 5.58 Å². The van der Waals surface area contributed by atoms with Gasteiger partial charge in [-0.2, -0.15) is 5.26 Å². The third kappa shape index (κ3) is 5.77. The lowest BCUT2D eigenvalue weighted by Crippen LogP contribution is -2.33. The number of benzene rings is 2. The van der Waals surface area contributed by atoms with Crippen molar-refractivity contribution in [3.8, 4) is 40.0 Å². The molecule has 3 N–H and O–H groups in total. The minimum Gasteiger partial charge on any atom is -0.496 e. The number of hydrogen-bond donors (Lipinski definition) is 3. The van der Waals surface area contributed by atoms with Gasteiger partial charge in [0.05, 0.1) is 44.2 Å². The fourth-order valence-corrected chi connectivity index (χ4v) is 4.57. The third-order valence-electron chi connectivity index (χ3n) is 6.72. The van der Waals surface area contributed by atoms with Crippen LogP contribution in [0.1, 0.15) is 28.8 Å². The molecule has 0 saturated carbocycles. The van der Waals surface area contributed by atoms with Gasteiger partial charge in [0.2, 0.25) is 0 Å². The van der Waals surface area contributed by atoms with E-state index in [0.29, 0.717) is 58.3 Å². The molecule has 1 fully saturated rings. The molecule has 10 nitrogen and oxygen atoms in total. The van der Waals surface area contributed by atoms with Gasteiger partial charge in [-0.15, -0.1) is 0 Å². The van der Waals surface area contributed by atoms with E-state index in [1.165, 1.54) is 7.11 Å². The Morgan fingerprint density at radius 2 is 1.98 bits per heavy atom. The number of nitrogens with zero attached hydrogens (tertiary/aromatic N) is 2. The quantitative estimate of drug-likeness (QED) is 0.288. The van der Waals surface area contributed by atoms with Crippen molar-refractivity contribution in [2.75, 3.05) is 33.5 Å². The third-order valence-corrected chi connectivity index (χ3v) is 6.72. The van der Waals surface area contributed by atoms with Crippen LogP contribution in [0.4, 0.5) is 0 Å². The van der Waals surface area contributed by atoms with Crippen LogP contribution < -0.4 is 14.8 Å². The summed E-state index contributed by atoms with van der Waals surface area (Å²) in [5, 5.41) is 30.8. The number of amides is 1. The average molecular weight is 544 g/mol. The topological polar surface area (TPSA) is 147 Å². The summed E-state index contributed by atoms with van der Waals surface area (Å²) in [7, 11) is 1.50. The Hall–Kier alpha value is -4.43. The van der Waals surface area contributed by atoms with Crippen LogP contribution in [0, 0.1) is 11.3 Å². The van der Waals surface area contributed by atoms with Gasteiger partial charge in [0.1, 0.15) is 34.9 Å². The Balaban J connectivity index is 1.44. The fourth-order valence-electron chi connectivity index (χ4n) is 4.57. The second kappa shape index (κ2) is 12.2. The molecular weight excluding hydrogens is 514 g/mol. The molecular formula is C30H29N3O7. The Bertz CT molecular complexity index is 1550. The summed E-state index contributed by atoms with van der Waals surface area (Å²) in [6.45, 7) is 0.774. The van der Waals surface area contributed by atoms with Crippen molar-refractivity contribution in [3.63, 3.8) is 0 Å². The van der Waals surface area contributed by atoms with Crippen molar-refractivity contribution in [1.29, 1.82) is 5.26 Å². The Morgan fingerprint density at radius 1 is 1.15 bits per heavy atom. The predicted molar refractivity (Wildman–Crippen MR) is 146 cm³/mol. The Kier molecular flexibility index (Phi) is 8.26. The molecule has 206 valence electrons. The highest BCUT2D eigenvalue weighted by atomic mass is 16.5. The van der Waals surface area contributed by atoms with E-state index in [4.69, 9.17) is 23.7 Å². The molecule has 0 radical (unpaired) electrons. The van der Waals surface area contributed by atoms with Crippen LogP contribution in [0.25, 0.3) is 33.6 Å². The molecule has 5 rings (SSSR count). The van der Waals surface area contributed by atoms with Gasteiger partial charge in [0, 0.05) is 42.8 Å². The fraction of sp³-hybridized carbons (Fsp3) is 0.300. The highest BCUT2D eigenvalue weighted by Crippen LogP contribution is 2.38. The molecule has 2 aromatic heterocycles. The molecule has 40 heavy (non-hydrogen) atoms. The SMILES string of the molecule is COc1cc(C(=O)NC[C@@H](O)CO)ccc1-c1cc2nccc(-c3ccc(OC4CCOCC4)c(C#N)c3)c2o1. The number of furan rings is 1. The minimum absolute atomic E-state index is 0.0199. The van der Waals surface area contributed by atoms with E-state index in [1.54, 1.807) is 36.5 Å². The van der Waals surface area contributed by atoms with Gasteiger partial charge in [-0.1, -0.05) is 6.07 Å². The smallest absolute Gasteiger partial charge is 0.251 e. The number of ether oxygens (including phenoxy) is 3. The molecule has 4 aromatic rings. The summed E-state index contributed by atoms with van der Waals surface area (Å²) in [6, 6.07) is 16.3. The average Bonchev–Trinajstić information content (AvgIpc) is 3.44. The number of fused-ring (bicyclic) bond motifs is 1. The van der Waals surface area contributed by atoms with E-state index in [2.05, 4.69) is 16.4 Å². The molecule has 1 atom stereocenters.